The van der Waals surface area contributed by atoms with Gasteiger partial charge in [-0.25, -0.2) is 19.3 Å². The van der Waals surface area contributed by atoms with Gasteiger partial charge in [0.2, 0.25) is 0 Å². The second kappa shape index (κ2) is 7.72. The molecule has 0 radical (unpaired) electrons. The summed E-state index contributed by atoms with van der Waals surface area (Å²) in [4.78, 5) is 11.5. The molecular weight excluding hydrogens is 387 g/mol. The first-order chi connectivity index (χ1) is 17.8. The van der Waals surface area contributed by atoms with Crippen molar-refractivity contribution in [1.82, 2.24) is 19.9 Å². The van der Waals surface area contributed by atoms with Gasteiger partial charge >= 0.3 is 0 Å². The van der Waals surface area contributed by atoms with Crippen LogP contribution in [0.25, 0.3) is 10.3 Å². The van der Waals surface area contributed by atoms with Crippen LogP contribution in [0, 0.1) is 17.1 Å². The molecule has 1 aliphatic heterocycles. The lowest BCUT2D eigenvalue weighted by Gasteiger charge is -2.32. The van der Waals surface area contributed by atoms with Crippen molar-refractivity contribution < 1.29 is 20.9 Å². The van der Waals surface area contributed by atoms with Crippen molar-refractivity contribution in [3.05, 3.63) is 45.9 Å². The molecule has 9 heteroatoms. The van der Waals surface area contributed by atoms with Crippen molar-refractivity contribution in [2.24, 2.45) is 0 Å². The zero-order valence-corrected chi connectivity index (χ0v) is 14.7. The molecule has 1 unspecified atom stereocenters. The van der Waals surface area contributed by atoms with E-state index in [4.69, 9.17) is 33.4 Å². The lowest BCUT2D eigenvalue weighted by molar-refractivity contribution is 0.211. The number of aromatic nitrogens is 3. The Bertz CT molecular complexity index is 1490. The minimum atomic E-state index is -3.80. The number of anilines is 1. The summed E-state index contributed by atoms with van der Waals surface area (Å²) >= 11 is 6.73. The van der Waals surface area contributed by atoms with Gasteiger partial charge in [-0.05, 0) is 30.4 Å². The van der Waals surface area contributed by atoms with Crippen LogP contribution in [0.2, 0.25) is 5.88 Å². The third-order valence-corrected chi connectivity index (χ3v) is 4.34. The second-order valence-electron chi connectivity index (χ2n) is 5.02. The zero-order valence-electron chi connectivity index (χ0n) is 25.2. The third-order valence-electron chi connectivity index (χ3n) is 3.27. The molecule has 1 aromatic carbocycles. The lowest BCUT2D eigenvalue weighted by Crippen LogP contribution is -2.38. The molecule has 1 saturated heterocycles. The molecule has 0 saturated carbocycles. The summed E-state index contributed by atoms with van der Waals surface area (Å²) in [5.41, 5.74) is -1.46. The third kappa shape index (κ3) is 4.00. The van der Waals surface area contributed by atoms with Crippen LogP contribution in [0.15, 0.2) is 24.5 Å². The van der Waals surface area contributed by atoms with Gasteiger partial charge in [-0.3, -0.25) is 4.90 Å². The molecule has 0 aliphatic carbocycles. The van der Waals surface area contributed by atoms with Crippen molar-refractivity contribution >= 4 is 39.1 Å². The predicted octanol–water partition coefficient (Wildman–Crippen LogP) is 3.83. The Morgan fingerprint density at radius 3 is 3.19 bits per heavy atom. The van der Waals surface area contributed by atoms with E-state index < -0.39 is 67.1 Å². The molecule has 6 nitrogen and oxygen atoms in total. The number of rotatable bonds is 4. The highest BCUT2D eigenvalue weighted by Crippen LogP contribution is 2.28. The summed E-state index contributed by atoms with van der Waals surface area (Å²) in [6, 6.07) is -1.71. The number of halogens is 2. The quantitative estimate of drug-likeness (QED) is 0.699. The van der Waals surface area contributed by atoms with E-state index in [-0.39, 0.29) is 25.0 Å². The van der Waals surface area contributed by atoms with Crippen LogP contribution in [0.4, 0.5) is 10.2 Å². The molecule has 1 aliphatic rings. The van der Waals surface area contributed by atoms with Gasteiger partial charge in [0.05, 0.1) is 8.30 Å². The number of benzene rings is 1. The van der Waals surface area contributed by atoms with Crippen LogP contribution >= 0.6 is 22.9 Å². The summed E-state index contributed by atoms with van der Waals surface area (Å²) in [5, 5.41) is 9.04. The second-order valence-corrected chi connectivity index (χ2v) is 6.58. The zero-order chi connectivity index (χ0) is 29.5. The Hall–Kier alpha value is -2.34. The molecule has 3 heterocycles. The first-order valence-electron chi connectivity index (χ1n) is 13.3. The van der Waals surface area contributed by atoms with Crippen molar-refractivity contribution in [3.8, 4) is 6.07 Å². The average Bonchev–Trinajstić information content (AvgIpc) is 3.23. The maximum Gasteiger partial charge on any atom is 0.186 e. The molecule has 1 fully saturated rings. The summed E-state index contributed by atoms with van der Waals surface area (Å²) in [6.45, 7) is -9.74. The average molecular weight is 415 g/mol. The van der Waals surface area contributed by atoms with E-state index >= 15 is 0 Å². The lowest BCUT2D eigenvalue weighted by atomic mass is 10.0. The summed E-state index contributed by atoms with van der Waals surface area (Å²) in [7, 11) is 0. The molecule has 138 valence electrons. The minimum absolute atomic E-state index is 0.0764. The fraction of sp³-hybridized carbons (Fsp3) is 0.333. The number of hydrogen-bond donors (Lipinski definition) is 1. The summed E-state index contributed by atoms with van der Waals surface area (Å²) < 4.78 is 117. The molecule has 3 aromatic rings. The van der Waals surface area contributed by atoms with Crippen LogP contribution in [0.5, 0.6) is 0 Å². The van der Waals surface area contributed by atoms with E-state index in [1.54, 1.807) is 0 Å². The number of thiazole rings is 1. The summed E-state index contributed by atoms with van der Waals surface area (Å²) in [5.74, 6) is -1.90. The van der Waals surface area contributed by atoms with Crippen molar-refractivity contribution in [2.45, 2.75) is 25.3 Å². The van der Waals surface area contributed by atoms with Gasteiger partial charge in [-0.15, -0.1) is 0 Å². The highest BCUT2D eigenvalue weighted by molar-refractivity contribution is 7.21. The predicted molar refractivity (Wildman–Crippen MR) is 103 cm³/mol. The van der Waals surface area contributed by atoms with Gasteiger partial charge in [0.25, 0.3) is 0 Å². The van der Waals surface area contributed by atoms with Crippen molar-refractivity contribution in [1.29, 1.82) is 5.26 Å². The Balaban J connectivity index is 1.94. The normalized spacial score (nSPS) is 32.0. The summed E-state index contributed by atoms with van der Waals surface area (Å²) in [6.07, 6.45) is -6.69. The highest BCUT2D eigenvalue weighted by atomic mass is 35.5. The van der Waals surface area contributed by atoms with Crippen LogP contribution in [-0.2, 0) is 6.52 Å². The van der Waals surface area contributed by atoms with E-state index in [1.165, 1.54) is 6.07 Å². The van der Waals surface area contributed by atoms with Gasteiger partial charge in [0, 0.05) is 37.9 Å². The number of nitrogens with zero attached hydrogens (tertiary/aromatic N) is 5. The Morgan fingerprint density at radius 1 is 1.59 bits per heavy atom. The van der Waals surface area contributed by atoms with Gasteiger partial charge < -0.3 is 5.31 Å². The monoisotopic (exact) mass is 414 g/mol. The number of hydrogen-bond acceptors (Lipinski definition) is 7. The van der Waals surface area contributed by atoms with Crippen LogP contribution in [0.1, 0.15) is 39.0 Å². The maximum atomic E-state index is 14.1. The largest absolute Gasteiger partial charge is 0.365 e. The number of likely N-dealkylation sites (tertiary alicyclic amines) is 1. The van der Waals surface area contributed by atoms with Gasteiger partial charge in [-0.2, -0.15) is 5.26 Å². The molecule has 2 aromatic heterocycles. The molecule has 4 rings (SSSR count). The van der Waals surface area contributed by atoms with E-state index in [1.807, 2.05) is 0 Å². The van der Waals surface area contributed by atoms with Crippen LogP contribution < -0.4 is 5.31 Å². The highest BCUT2D eigenvalue weighted by Gasteiger charge is 2.21. The minimum Gasteiger partial charge on any atom is -0.365 e. The SMILES string of the molecule is [2H]c1cc(C([2H])N2C([2H])([2H])C([2H])([2H])C([2H])(N([2H])c3ncnc4sc(Cl)nc34)C([2H])([2H])C2([2H])[2H])cc(C#N)c1F. The smallest absolute Gasteiger partial charge is 0.186 e. The number of nitrogens with one attached hydrogen (secondary N) is 1. The van der Waals surface area contributed by atoms with E-state index in [9.17, 15) is 4.39 Å². The van der Waals surface area contributed by atoms with Crippen LogP contribution in [0.3, 0.4) is 0 Å². The topological polar surface area (TPSA) is 77.7 Å². The van der Waals surface area contributed by atoms with Gasteiger partial charge in [0.15, 0.2) is 11.7 Å². The van der Waals surface area contributed by atoms with Gasteiger partial charge in [-0.1, -0.05) is 29.0 Å². The van der Waals surface area contributed by atoms with Crippen molar-refractivity contribution in [3.63, 3.8) is 0 Å². The molecule has 1 N–H and O–H groups in total. The van der Waals surface area contributed by atoms with Crippen molar-refractivity contribution in [2.75, 3.05) is 18.3 Å². The number of fused-ring (bicyclic) bond motifs is 1. The fourth-order valence-corrected chi connectivity index (χ4v) is 3.05. The molecule has 0 bridgehead atoms. The standard InChI is InChI=1S/C18H16ClFN6S/c19-18-25-15-16(22-10-23-17(15)27-18)24-13-3-5-26(6-4-13)9-11-1-2-14(20)12(7-11)8-21/h1-2,7,10,13H,3-6,9H2,(H,22,23,24)/i2D,3D2,4D2,5D2,6D2,9D,13D/hD. The molecule has 0 amide bonds. The van der Waals surface area contributed by atoms with E-state index in [0.717, 1.165) is 23.7 Å². The molecular formula is C18H16ClFN6S. The Kier molecular flexibility index (Phi) is 2.51. The first kappa shape index (κ1) is 8.78. The van der Waals surface area contributed by atoms with E-state index in [0.29, 0.717) is 6.07 Å². The molecule has 1 atom stereocenters. The Labute approximate surface area is 181 Å². The maximum absolute atomic E-state index is 14.1. The number of piperidine rings is 1. The fourth-order valence-electron chi connectivity index (χ4n) is 2.11. The Morgan fingerprint density at radius 2 is 2.41 bits per heavy atom. The number of nitriles is 1. The first-order valence-corrected chi connectivity index (χ1v) is 8.46. The molecule has 0 spiro atoms. The van der Waals surface area contributed by atoms with E-state index in [2.05, 4.69) is 15.0 Å². The van der Waals surface area contributed by atoms with Gasteiger partial charge in [0.1, 0.15) is 28.6 Å². The molecule has 27 heavy (non-hydrogen) atoms. The van der Waals surface area contributed by atoms with Crippen LogP contribution in [-0.4, -0.2) is 38.9 Å².